The SMILES string of the molecule is Cc1cccc2c(S(C)(C)NC(=O)c3ccccc3)c[nH]c12. The van der Waals surface area contributed by atoms with E-state index in [0.29, 0.717) is 5.56 Å². The summed E-state index contributed by atoms with van der Waals surface area (Å²) in [4.78, 5) is 17.0. The Hall–Kier alpha value is -2.20. The Labute approximate surface area is 132 Å². The molecule has 3 aromatic rings. The molecule has 0 aliphatic rings. The summed E-state index contributed by atoms with van der Waals surface area (Å²) in [6.45, 7) is 2.09. The van der Waals surface area contributed by atoms with Crippen LogP contribution in [0.5, 0.6) is 0 Å². The van der Waals surface area contributed by atoms with Crippen molar-refractivity contribution < 1.29 is 4.79 Å². The highest BCUT2D eigenvalue weighted by Crippen LogP contribution is 2.48. The molecule has 3 rings (SSSR count). The predicted molar refractivity (Wildman–Crippen MR) is 94.6 cm³/mol. The lowest BCUT2D eigenvalue weighted by atomic mass is 10.2. The second kappa shape index (κ2) is 5.54. The molecule has 1 aromatic heterocycles. The highest BCUT2D eigenvalue weighted by molar-refractivity contribution is 8.31. The summed E-state index contributed by atoms with van der Waals surface area (Å²) in [6.07, 6.45) is 6.25. The first-order valence-electron chi connectivity index (χ1n) is 7.16. The van der Waals surface area contributed by atoms with Crippen LogP contribution in [-0.2, 0) is 0 Å². The van der Waals surface area contributed by atoms with Gasteiger partial charge in [0.1, 0.15) is 0 Å². The van der Waals surface area contributed by atoms with Gasteiger partial charge in [-0.25, -0.2) is 0 Å². The van der Waals surface area contributed by atoms with E-state index in [0.717, 1.165) is 5.52 Å². The highest BCUT2D eigenvalue weighted by atomic mass is 32.3. The fourth-order valence-corrected chi connectivity index (χ4v) is 4.40. The van der Waals surface area contributed by atoms with Gasteiger partial charge >= 0.3 is 0 Å². The van der Waals surface area contributed by atoms with Crippen LogP contribution in [0, 0.1) is 6.92 Å². The minimum Gasteiger partial charge on any atom is -0.360 e. The molecule has 22 heavy (non-hydrogen) atoms. The monoisotopic (exact) mass is 312 g/mol. The van der Waals surface area contributed by atoms with Crippen LogP contribution in [0.4, 0.5) is 0 Å². The fraction of sp³-hybridized carbons (Fsp3) is 0.167. The van der Waals surface area contributed by atoms with Gasteiger partial charge in [0.05, 0.1) is 0 Å². The molecular weight excluding hydrogens is 292 g/mol. The number of carbonyl (C=O) groups is 1. The number of amides is 1. The van der Waals surface area contributed by atoms with Crippen LogP contribution in [0.1, 0.15) is 15.9 Å². The topological polar surface area (TPSA) is 44.9 Å². The number of nitrogens with one attached hydrogen (secondary N) is 2. The molecule has 0 spiro atoms. The van der Waals surface area contributed by atoms with E-state index in [9.17, 15) is 4.79 Å². The molecule has 2 aromatic carbocycles. The zero-order valence-corrected chi connectivity index (χ0v) is 13.8. The third kappa shape index (κ3) is 2.62. The van der Waals surface area contributed by atoms with Gasteiger partial charge in [-0.3, -0.25) is 4.79 Å². The lowest BCUT2D eigenvalue weighted by Crippen LogP contribution is -2.26. The smallest absolute Gasteiger partial charge is 0.260 e. The van der Waals surface area contributed by atoms with E-state index in [-0.39, 0.29) is 5.91 Å². The number of para-hydroxylation sites is 1. The number of rotatable bonds is 3. The minimum atomic E-state index is -1.44. The van der Waals surface area contributed by atoms with Crippen LogP contribution in [0.15, 0.2) is 59.6 Å². The van der Waals surface area contributed by atoms with Crippen molar-refractivity contribution in [2.75, 3.05) is 12.5 Å². The van der Waals surface area contributed by atoms with Crippen molar-refractivity contribution in [3.05, 3.63) is 65.9 Å². The zero-order chi connectivity index (χ0) is 15.7. The molecule has 3 nitrogen and oxygen atoms in total. The normalized spacial score (nSPS) is 12.3. The highest BCUT2D eigenvalue weighted by Gasteiger charge is 2.22. The third-order valence-electron chi connectivity index (χ3n) is 3.82. The van der Waals surface area contributed by atoms with Gasteiger partial charge in [0.2, 0.25) is 0 Å². The standard InChI is InChI=1S/C18H20N2OS/c1-13-8-7-11-15-16(12-19-17(13)15)22(2,3)20-18(21)14-9-5-4-6-10-14/h4-12,19H,1-3H3,(H,20,21). The number of aromatic nitrogens is 1. The van der Waals surface area contributed by atoms with Crippen molar-refractivity contribution in [2.24, 2.45) is 0 Å². The second-order valence-electron chi connectivity index (χ2n) is 5.77. The van der Waals surface area contributed by atoms with Crippen LogP contribution in [-0.4, -0.2) is 23.4 Å². The predicted octanol–water partition coefficient (Wildman–Crippen LogP) is 4.24. The maximum absolute atomic E-state index is 12.5. The van der Waals surface area contributed by atoms with E-state index in [1.54, 1.807) is 0 Å². The van der Waals surface area contributed by atoms with Crippen LogP contribution < -0.4 is 4.72 Å². The van der Waals surface area contributed by atoms with Crippen LogP contribution in [0.2, 0.25) is 0 Å². The van der Waals surface area contributed by atoms with Crippen molar-refractivity contribution in [3.63, 3.8) is 0 Å². The Morgan fingerprint density at radius 2 is 1.77 bits per heavy atom. The molecule has 0 saturated carbocycles. The van der Waals surface area contributed by atoms with Crippen LogP contribution in [0.3, 0.4) is 0 Å². The fourth-order valence-electron chi connectivity index (χ4n) is 2.64. The maximum atomic E-state index is 12.5. The van der Waals surface area contributed by atoms with E-state index >= 15 is 0 Å². The first-order valence-corrected chi connectivity index (χ1v) is 9.61. The summed E-state index contributed by atoms with van der Waals surface area (Å²) in [5, 5.41) is 1.19. The lowest BCUT2D eigenvalue weighted by molar-refractivity contribution is 0.0983. The summed E-state index contributed by atoms with van der Waals surface area (Å²) >= 11 is 0. The van der Waals surface area contributed by atoms with E-state index in [1.165, 1.54) is 15.8 Å². The van der Waals surface area contributed by atoms with Crippen molar-refractivity contribution in [3.8, 4) is 0 Å². The molecule has 1 heterocycles. The summed E-state index contributed by atoms with van der Waals surface area (Å²) in [6, 6.07) is 15.6. The second-order valence-corrected chi connectivity index (χ2v) is 9.07. The summed E-state index contributed by atoms with van der Waals surface area (Å²) in [7, 11) is -1.44. The van der Waals surface area contributed by atoms with Gasteiger partial charge in [0.15, 0.2) is 0 Å². The summed E-state index contributed by atoms with van der Waals surface area (Å²) in [5.41, 5.74) is 3.06. The molecule has 2 N–H and O–H groups in total. The van der Waals surface area contributed by atoms with E-state index in [4.69, 9.17) is 0 Å². The summed E-state index contributed by atoms with van der Waals surface area (Å²) in [5.74, 6) is -0.0254. The molecule has 1 amide bonds. The van der Waals surface area contributed by atoms with E-state index < -0.39 is 10.2 Å². The van der Waals surface area contributed by atoms with Crippen molar-refractivity contribution in [2.45, 2.75) is 11.8 Å². The lowest BCUT2D eigenvalue weighted by Gasteiger charge is -2.32. The van der Waals surface area contributed by atoms with E-state index in [2.05, 4.69) is 47.3 Å². The molecule has 0 unspecified atom stereocenters. The molecule has 114 valence electrons. The van der Waals surface area contributed by atoms with Gasteiger partial charge in [-0.1, -0.05) is 36.4 Å². The Balaban J connectivity index is 1.95. The van der Waals surface area contributed by atoms with Crippen molar-refractivity contribution >= 4 is 27.0 Å². The number of fused-ring (bicyclic) bond motifs is 1. The molecule has 0 atom stereocenters. The van der Waals surface area contributed by atoms with E-state index in [1.807, 2.05) is 36.5 Å². The van der Waals surface area contributed by atoms with Gasteiger partial charge in [0.25, 0.3) is 5.91 Å². The number of aromatic amines is 1. The molecule has 0 aliphatic heterocycles. The van der Waals surface area contributed by atoms with Crippen molar-refractivity contribution in [1.82, 2.24) is 9.71 Å². The Kier molecular flexibility index (Phi) is 3.71. The Morgan fingerprint density at radius 3 is 2.50 bits per heavy atom. The average Bonchev–Trinajstić information content (AvgIpc) is 2.94. The number of benzene rings is 2. The quantitative estimate of drug-likeness (QED) is 0.746. The number of hydrogen-bond donors (Lipinski definition) is 2. The number of hydrogen-bond acceptors (Lipinski definition) is 1. The molecule has 4 heteroatoms. The Morgan fingerprint density at radius 1 is 1.05 bits per heavy atom. The van der Waals surface area contributed by atoms with Gasteiger partial charge in [-0.2, -0.15) is 0 Å². The molecule has 0 radical (unpaired) electrons. The number of H-pyrrole nitrogens is 1. The minimum absolute atomic E-state index is 0.0254. The zero-order valence-electron chi connectivity index (χ0n) is 13.0. The largest absolute Gasteiger partial charge is 0.360 e. The molecular formula is C18H20N2OS. The molecule has 0 aliphatic carbocycles. The molecule has 0 bridgehead atoms. The van der Waals surface area contributed by atoms with Crippen molar-refractivity contribution in [1.29, 1.82) is 0 Å². The van der Waals surface area contributed by atoms with Crippen LogP contribution in [0.25, 0.3) is 10.9 Å². The van der Waals surface area contributed by atoms with Gasteiger partial charge < -0.3 is 9.71 Å². The number of carbonyl (C=O) groups excluding carboxylic acids is 1. The first-order chi connectivity index (χ1) is 10.5. The van der Waals surface area contributed by atoms with Gasteiger partial charge in [-0.05, 0) is 37.1 Å². The average molecular weight is 312 g/mol. The Bertz CT molecular complexity index is 821. The van der Waals surface area contributed by atoms with Gasteiger partial charge in [0, 0.05) is 27.6 Å². The van der Waals surface area contributed by atoms with Crippen LogP contribution >= 0.6 is 10.2 Å². The molecule has 0 fully saturated rings. The third-order valence-corrected chi connectivity index (χ3v) is 5.95. The number of aryl methyl sites for hydroxylation is 1. The molecule has 0 saturated heterocycles. The first kappa shape index (κ1) is 14.7. The maximum Gasteiger partial charge on any atom is 0.260 e. The summed E-state index contributed by atoms with van der Waals surface area (Å²) < 4.78 is 3.21. The van der Waals surface area contributed by atoms with Gasteiger partial charge in [-0.15, -0.1) is 10.2 Å².